The Hall–Kier alpha value is -2.63. The molecule has 0 atom stereocenters. The summed E-state index contributed by atoms with van der Waals surface area (Å²) in [5.41, 5.74) is 1.37. The van der Waals surface area contributed by atoms with E-state index in [2.05, 4.69) is 15.6 Å². The summed E-state index contributed by atoms with van der Waals surface area (Å²) in [4.78, 5) is 26.9. The molecule has 2 rings (SSSR count). The van der Waals surface area contributed by atoms with Crippen LogP contribution in [0.25, 0.3) is 0 Å². The largest absolute Gasteiger partial charge is 0.338 e. The second-order valence-corrected chi connectivity index (χ2v) is 4.44. The smallest absolute Gasteiger partial charge is 0.231 e. The van der Waals surface area contributed by atoms with Gasteiger partial charge in [-0.25, -0.2) is 4.98 Å². The van der Waals surface area contributed by atoms with Crippen molar-refractivity contribution in [2.75, 3.05) is 10.6 Å². The SMILES string of the molecule is CC(=O)Nc1ccc(NC(=O)Cc2nccn2C)cc1. The van der Waals surface area contributed by atoms with Crippen molar-refractivity contribution in [2.45, 2.75) is 13.3 Å². The van der Waals surface area contributed by atoms with Gasteiger partial charge in [-0.15, -0.1) is 0 Å². The lowest BCUT2D eigenvalue weighted by molar-refractivity contribution is -0.116. The lowest BCUT2D eigenvalue weighted by Crippen LogP contribution is -2.16. The van der Waals surface area contributed by atoms with Gasteiger partial charge in [0.05, 0.1) is 6.42 Å². The van der Waals surface area contributed by atoms with Crippen molar-refractivity contribution in [1.29, 1.82) is 0 Å². The normalized spacial score (nSPS) is 10.1. The zero-order valence-corrected chi connectivity index (χ0v) is 11.4. The number of carbonyl (C=O) groups excluding carboxylic acids is 2. The summed E-state index contributed by atoms with van der Waals surface area (Å²) in [5, 5.41) is 5.45. The summed E-state index contributed by atoms with van der Waals surface area (Å²) in [7, 11) is 1.85. The van der Waals surface area contributed by atoms with Gasteiger partial charge in [0, 0.05) is 37.7 Å². The summed E-state index contributed by atoms with van der Waals surface area (Å²) < 4.78 is 1.81. The van der Waals surface area contributed by atoms with Crippen molar-refractivity contribution in [2.24, 2.45) is 7.05 Å². The third-order valence-electron chi connectivity index (χ3n) is 2.73. The Labute approximate surface area is 116 Å². The molecule has 0 spiro atoms. The number of nitrogens with one attached hydrogen (secondary N) is 2. The molecule has 0 saturated carbocycles. The number of carbonyl (C=O) groups is 2. The van der Waals surface area contributed by atoms with Crippen LogP contribution in [0.1, 0.15) is 12.7 Å². The number of aryl methyl sites for hydroxylation is 1. The molecule has 0 unspecified atom stereocenters. The molecule has 0 aliphatic heterocycles. The Morgan fingerprint density at radius 1 is 1.15 bits per heavy atom. The molecule has 0 bridgehead atoms. The van der Waals surface area contributed by atoms with Crippen molar-refractivity contribution >= 4 is 23.2 Å². The highest BCUT2D eigenvalue weighted by Gasteiger charge is 2.07. The second kappa shape index (κ2) is 6.01. The first-order chi connectivity index (χ1) is 9.54. The Bertz CT molecular complexity index is 616. The number of imidazole rings is 1. The van der Waals surface area contributed by atoms with Crippen LogP contribution in [-0.4, -0.2) is 21.4 Å². The van der Waals surface area contributed by atoms with Crippen molar-refractivity contribution < 1.29 is 9.59 Å². The van der Waals surface area contributed by atoms with E-state index in [9.17, 15) is 9.59 Å². The Balaban J connectivity index is 1.94. The predicted molar refractivity (Wildman–Crippen MR) is 76.3 cm³/mol. The monoisotopic (exact) mass is 272 g/mol. The van der Waals surface area contributed by atoms with E-state index in [1.165, 1.54) is 6.92 Å². The van der Waals surface area contributed by atoms with Crippen LogP contribution in [0.15, 0.2) is 36.7 Å². The number of hydrogen-bond acceptors (Lipinski definition) is 3. The molecule has 2 aromatic rings. The standard InChI is InChI=1S/C14H16N4O2/c1-10(19)16-11-3-5-12(6-4-11)17-14(20)9-13-15-7-8-18(13)2/h3-8H,9H2,1-2H3,(H,16,19)(H,17,20). The summed E-state index contributed by atoms with van der Waals surface area (Å²) >= 11 is 0. The van der Waals surface area contributed by atoms with Gasteiger partial charge in [-0.1, -0.05) is 0 Å². The number of aromatic nitrogens is 2. The van der Waals surface area contributed by atoms with E-state index in [-0.39, 0.29) is 18.2 Å². The van der Waals surface area contributed by atoms with Crippen molar-refractivity contribution in [3.8, 4) is 0 Å². The van der Waals surface area contributed by atoms with Gasteiger partial charge in [-0.05, 0) is 24.3 Å². The summed E-state index contributed by atoms with van der Waals surface area (Å²) in [6.07, 6.45) is 3.67. The molecule has 0 saturated heterocycles. The van der Waals surface area contributed by atoms with E-state index in [4.69, 9.17) is 0 Å². The van der Waals surface area contributed by atoms with Crippen LogP contribution in [-0.2, 0) is 23.1 Å². The number of anilines is 2. The first-order valence-electron chi connectivity index (χ1n) is 6.18. The average molecular weight is 272 g/mol. The first-order valence-corrected chi connectivity index (χ1v) is 6.18. The fourth-order valence-corrected chi connectivity index (χ4v) is 1.76. The highest BCUT2D eigenvalue weighted by Crippen LogP contribution is 2.13. The van der Waals surface area contributed by atoms with Gasteiger partial charge < -0.3 is 15.2 Å². The molecule has 2 amide bonds. The molecule has 20 heavy (non-hydrogen) atoms. The maximum Gasteiger partial charge on any atom is 0.231 e. The molecule has 1 aromatic heterocycles. The third-order valence-corrected chi connectivity index (χ3v) is 2.73. The first kappa shape index (κ1) is 13.8. The van der Waals surface area contributed by atoms with Gasteiger partial charge in [-0.3, -0.25) is 9.59 Å². The fourth-order valence-electron chi connectivity index (χ4n) is 1.76. The molecule has 2 N–H and O–H groups in total. The topological polar surface area (TPSA) is 76.0 Å². The highest BCUT2D eigenvalue weighted by molar-refractivity contribution is 5.93. The minimum atomic E-state index is -0.133. The molecule has 0 fully saturated rings. The summed E-state index contributed by atoms with van der Waals surface area (Å²) in [5.74, 6) is 0.445. The zero-order valence-electron chi connectivity index (χ0n) is 11.4. The molecular formula is C14H16N4O2. The maximum atomic E-state index is 11.9. The minimum Gasteiger partial charge on any atom is -0.338 e. The quantitative estimate of drug-likeness (QED) is 0.886. The fraction of sp³-hybridized carbons (Fsp3) is 0.214. The highest BCUT2D eigenvalue weighted by atomic mass is 16.2. The van der Waals surface area contributed by atoms with Gasteiger partial charge in [0.2, 0.25) is 11.8 Å². The Morgan fingerprint density at radius 3 is 2.25 bits per heavy atom. The molecular weight excluding hydrogens is 256 g/mol. The van der Waals surface area contributed by atoms with E-state index >= 15 is 0 Å². The van der Waals surface area contributed by atoms with Crippen LogP contribution < -0.4 is 10.6 Å². The van der Waals surface area contributed by atoms with Crippen LogP contribution >= 0.6 is 0 Å². The van der Waals surface area contributed by atoms with Crippen LogP contribution in [0.4, 0.5) is 11.4 Å². The van der Waals surface area contributed by atoms with Crippen molar-refractivity contribution in [1.82, 2.24) is 9.55 Å². The van der Waals surface area contributed by atoms with E-state index in [0.717, 1.165) is 0 Å². The van der Waals surface area contributed by atoms with Gasteiger partial charge in [0.1, 0.15) is 5.82 Å². The van der Waals surface area contributed by atoms with Gasteiger partial charge >= 0.3 is 0 Å². The van der Waals surface area contributed by atoms with Crippen LogP contribution in [0.5, 0.6) is 0 Å². The van der Waals surface area contributed by atoms with E-state index in [1.54, 1.807) is 41.2 Å². The van der Waals surface area contributed by atoms with E-state index < -0.39 is 0 Å². The predicted octanol–water partition coefficient (Wildman–Crippen LogP) is 1.56. The molecule has 0 radical (unpaired) electrons. The number of amides is 2. The molecule has 0 aliphatic rings. The number of benzene rings is 1. The summed E-state index contributed by atoms with van der Waals surface area (Å²) in [6.45, 7) is 1.45. The van der Waals surface area contributed by atoms with Gasteiger partial charge in [0.25, 0.3) is 0 Å². The summed E-state index contributed by atoms with van der Waals surface area (Å²) in [6, 6.07) is 6.94. The number of rotatable bonds is 4. The number of hydrogen-bond donors (Lipinski definition) is 2. The van der Waals surface area contributed by atoms with Crippen molar-refractivity contribution in [3.05, 3.63) is 42.5 Å². The average Bonchev–Trinajstić information content (AvgIpc) is 2.77. The van der Waals surface area contributed by atoms with Crippen LogP contribution in [0.3, 0.4) is 0 Å². The molecule has 0 aliphatic carbocycles. The molecule has 6 heteroatoms. The lowest BCUT2D eigenvalue weighted by atomic mass is 10.2. The van der Waals surface area contributed by atoms with E-state index in [0.29, 0.717) is 17.2 Å². The second-order valence-electron chi connectivity index (χ2n) is 4.44. The Morgan fingerprint density at radius 2 is 1.75 bits per heavy atom. The molecule has 1 aromatic carbocycles. The van der Waals surface area contributed by atoms with Crippen LogP contribution in [0, 0.1) is 0 Å². The van der Waals surface area contributed by atoms with Crippen molar-refractivity contribution in [3.63, 3.8) is 0 Å². The maximum absolute atomic E-state index is 11.9. The van der Waals surface area contributed by atoms with Gasteiger partial charge in [0.15, 0.2) is 0 Å². The van der Waals surface area contributed by atoms with E-state index in [1.807, 2.05) is 7.05 Å². The third kappa shape index (κ3) is 3.68. The molecule has 104 valence electrons. The van der Waals surface area contributed by atoms with Gasteiger partial charge in [-0.2, -0.15) is 0 Å². The molecule has 6 nitrogen and oxygen atoms in total. The minimum absolute atomic E-state index is 0.128. The van der Waals surface area contributed by atoms with Crippen LogP contribution in [0.2, 0.25) is 0 Å². The Kier molecular flexibility index (Phi) is 4.14. The molecule has 1 heterocycles. The zero-order chi connectivity index (χ0) is 14.5. The lowest BCUT2D eigenvalue weighted by Gasteiger charge is -2.07. The number of nitrogens with zero attached hydrogens (tertiary/aromatic N) is 2.